The molecule has 0 aliphatic heterocycles. The third-order valence-electron chi connectivity index (χ3n) is 2.26. The number of phenols is 1. The van der Waals surface area contributed by atoms with Crippen molar-refractivity contribution in [1.29, 1.82) is 0 Å². The van der Waals surface area contributed by atoms with Crippen molar-refractivity contribution < 1.29 is 9.50 Å². The van der Waals surface area contributed by atoms with Gasteiger partial charge in [0.2, 0.25) is 0 Å². The molecule has 0 spiro atoms. The lowest BCUT2D eigenvalue weighted by Gasteiger charge is -2.02. The standard InChI is InChI=1S/C9H10FNO/c10-7-3-1-2-5(9(7)12)6-4-8(6)11/h1-3,6,8,12H,4,11H2. The smallest absolute Gasteiger partial charge is 0.165 e. The molecule has 2 unspecified atom stereocenters. The summed E-state index contributed by atoms with van der Waals surface area (Å²) in [7, 11) is 0. The maximum absolute atomic E-state index is 12.8. The van der Waals surface area contributed by atoms with Gasteiger partial charge in [-0.05, 0) is 12.5 Å². The maximum atomic E-state index is 12.8. The van der Waals surface area contributed by atoms with Crippen LogP contribution in [0.4, 0.5) is 4.39 Å². The number of rotatable bonds is 1. The fraction of sp³-hybridized carbons (Fsp3) is 0.333. The van der Waals surface area contributed by atoms with E-state index in [1.807, 2.05) is 0 Å². The lowest BCUT2D eigenvalue weighted by atomic mass is 10.1. The summed E-state index contributed by atoms with van der Waals surface area (Å²) < 4.78 is 12.8. The normalized spacial score (nSPS) is 27.2. The molecule has 0 bridgehead atoms. The van der Waals surface area contributed by atoms with E-state index < -0.39 is 5.82 Å². The Morgan fingerprint density at radius 2 is 2.17 bits per heavy atom. The first kappa shape index (κ1) is 7.55. The van der Waals surface area contributed by atoms with Crippen LogP contribution >= 0.6 is 0 Å². The first-order valence-electron chi connectivity index (χ1n) is 3.93. The molecule has 2 rings (SSSR count). The van der Waals surface area contributed by atoms with Gasteiger partial charge >= 0.3 is 0 Å². The maximum Gasteiger partial charge on any atom is 0.165 e. The van der Waals surface area contributed by atoms with Crippen molar-refractivity contribution in [3.63, 3.8) is 0 Å². The van der Waals surface area contributed by atoms with Crippen molar-refractivity contribution >= 4 is 0 Å². The van der Waals surface area contributed by atoms with Gasteiger partial charge in [-0.3, -0.25) is 0 Å². The van der Waals surface area contributed by atoms with E-state index in [1.54, 1.807) is 12.1 Å². The second-order valence-electron chi connectivity index (χ2n) is 3.18. The summed E-state index contributed by atoms with van der Waals surface area (Å²) >= 11 is 0. The number of nitrogens with two attached hydrogens (primary N) is 1. The van der Waals surface area contributed by atoms with E-state index in [1.165, 1.54) is 6.07 Å². The van der Waals surface area contributed by atoms with Crippen molar-refractivity contribution in [1.82, 2.24) is 0 Å². The molecule has 3 heteroatoms. The predicted octanol–water partition coefficient (Wildman–Crippen LogP) is 1.35. The molecule has 3 N–H and O–H groups in total. The zero-order valence-corrected chi connectivity index (χ0v) is 6.50. The molecule has 12 heavy (non-hydrogen) atoms. The van der Waals surface area contributed by atoms with Crippen LogP contribution in [0, 0.1) is 5.82 Å². The lowest BCUT2D eigenvalue weighted by Crippen LogP contribution is -2.01. The van der Waals surface area contributed by atoms with Gasteiger partial charge in [0.05, 0.1) is 0 Å². The van der Waals surface area contributed by atoms with Crippen LogP contribution in [0.3, 0.4) is 0 Å². The minimum atomic E-state index is -0.563. The molecule has 1 aromatic carbocycles. The molecule has 1 aliphatic rings. The van der Waals surface area contributed by atoms with E-state index >= 15 is 0 Å². The third-order valence-corrected chi connectivity index (χ3v) is 2.26. The minimum Gasteiger partial charge on any atom is -0.505 e. The summed E-state index contributed by atoms with van der Waals surface area (Å²) in [6.45, 7) is 0. The van der Waals surface area contributed by atoms with E-state index in [4.69, 9.17) is 5.73 Å². The van der Waals surface area contributed by atoms with Crippen LogP contribution in [-0.2, 0) is 0 Å². The van der Waals surface area contributed by atoms with E-state index in [0.717, 1.165) is 6.42 Å². The van der Waals surface area contributed by atoms with Crippen molar-refractivity contribution in [2.75, 3.05) is 0 Å². The summed E-state index contributed by atoms with van der Waals surface area (Å²) in [5.74, 6) is -0.650. The Morgan fingerprint density at radius 3 is 2.75 bits per heavy atom. The van der Waals surface area contributed by atoms with Crippen LogP contribution in [0.1, 0.15) is 17.9 Å². The minimum absolute atomic E-state index is 0.0951. The van der Waals surface area contributed by atoms with Gasteiger partial charge in [0, 0.05) is 17.5 Å². The second-order valence-corrected chi connectivity index (χ2v) is 3.18. The fourth-order valence-electron chi connectivity index (χ4n) is 1.40. The SMILES string of the molecule is NC1CC1c1cccc(F)c1O. The van der Waals surface area contributed by atoms with Gasteiger partial charge in [-0.2, -0.15) is 0 Å². The fourth-order valence-corrected chi connectivity index (χ4v) is 1.40. The van der Waals surface area contributed by atoms with Crippen LogP contribution in [0.15, 0.2) is 18.2 Å². The largest absolute Gasteiger partial charge is 0.505 e. The number of phenolic OH excluding ortho intramolecular Hbond substituents is 1. The molecule has 0 saturated heterocycles. The van der Waals surface area contributed by atoms with Crippen LogP contribution in [0.25, 0.3) is 0 Å². The average Bonchev–Trinajstić information content (AvgIpc) is 2.73. The van der Waals surface area contributed by atoms with Gasteiger partial charge in [0.15, 0.2) is 11.6 Å². The summed E-state index contributed by atoms with van der Waals surface area (Å²) in [6.07, 6.45) is 0.844. The van der Waals surface area contributed by atoms with Crippen LogP contribution < -0.4 is 5.73 Å². The second kappa shape index (κ2) is 2.45. The van der Waals surface area contributed by atoms with Gasteiger partial charge in [0.25, 0.3) is 0 Å². The van der Waals surface area contributed by atoms with Gasteiger partial charge < -0.3 is 10.8 Å². The topological polar surface area (TPSA) is 46.2 Å². The molecule has 1 fully saturated rings. The van der Waals surface area contributed by atoms with Gasteiger partial charge in [-0.1, -0.05) is 12.1 Å². The Morgan fingerprint density at radius 1 is 1.50 bits per heavy atom. The highest BCUT2D eigenvalue weighted by Crippen LogP contribution is 2.43. The monoisotopic (exact) mass is 167 g/mol. The molecule has 2 atom stereocenters. The van der Waals surface area contributed by atoms with E-state index in [2.05, 4.69) is 0 Å². The molecule has 1 aliphatic carbocycles. The first-order chi connectivity index (χ1) is 5.70. The quantitative estimate of drug-likeness (QED) is 0.663. The number of hydrogen-bond donors (Lipinski definition) is 2. The summed E-state index contributed by atoms with van der Waals surface area (Å²) in [5, 5.41) is 9.30. The van der Waals surface area contributed by atoms with Crippen molar-refractivity contribution in [2.24, 2.45) is 5.73 Å². The highest BCUT2D eigenvalue weighted by atomic mass is 19.1. The molecular formula is C9H10FNO. The highest BCUT2D eigenvalue weighted by molar-refractivity contribution is 5.40. The summed E-state index contributed by atoms with van der Waals surface area (Å²) in [5.41, 5.74) is 6.23. The average molecular weight is 167 g/mol. The van der Waals surface area contributed by atoms with Crippen molar-refractivity contribution in [2.45, 2.75) is 18.4 Å². The lowest BCUT2D eigenvalue weighted by molar-refractivity contribution is 0.426. The van der Waals surface area contributed by atoms with E-state index in [-0.39, 0.29) is 17.7 Å². The molecule has 2 nitrogen and oxygen atoms in total. The van der Waals surface area contributed by atoms with Crippen molar-refractivity contribution in [3.8, 4) is 5.75 Å². The Labute approximate surface area is 69.8 Å². The first-order valence-corrected chi connectivity index (χ1v) is 3.93. The summed E-state index contributed by atoms with van der Waals surface area (Å²) in [6, 6.07) is 4.65. The zero-order chi connectivity index (χ0) is 8.72. The summed E-state index contributed by atoms with van der Waals surface area (Å²) in [4.78, 5) is 0. The highest BCUT2D eigenvalue weighted by Gasteiger charge is 2.37. The molecular weight excluding hydrogens is 157 g/mol. The number of para-hydroxylation sites is 1. The molecule has 1 saturated carbocycles. The number of halogens is 1. The van der Waals surface area contributed by atoms with E-state index in [0.29, 0.717) is 5.56 Å². The predicted molar refractivity (Wildman–Crippen MR) is 43.4 cm³/mol. The molecule has 0 amide bonds. The molecule has 0 radical (unpaired) electrons. The molecule has 64 valence electrons. The Bertz CT molecular complexity index is 313. The molecule has 1 aromatic rings. The van der Waals surface area contributed by atoms with Crippen molar-refractivity contribution in [3.05, 3.63) is 29.6 Å². The Kier molecular flexibility index (Phi) is 1.54. The van der Waals surface area contributed by atoms with E-state index in [9.17, 15) is 9.50 Å². The Balaban J connectivity index is 2.38. The van der Waals surface area contributed by atoms with Gasteiger partial charge in [0.1, 0.15) is 0 Å². The van der Waals surface area contributed by atoms with Gasteiger partial charge in [-0.25, -0.2) is 4.39 Å². The number of benzene rings is 1. The molecule has 0 aromatic heterocycles. The number of hydrogen-bond acceptors (Lipinski definition) is 2. The van der Waals surface area contributed by atoms with Gasteiger partial charge in [-0.15, -0.1) is 0 Å². The van der Waals surface area contributed by atoms with Crippen LogP contribution in [0.2, 0.25) is 0 Å². The Hall–Kier alpha value is -1.09. The number of aromatic hydroxyl groups is 1. The molecule has 0 heterocycles. The third kappa shape index (κ3) is 1.06. The van der Waals surface area contributed by atoms with Crippen LogP contribution in [-0.4, -0.2) is 11.1 Å². The zero-order valence-electron chi connectivity index (χ0n) is 6.50. The van der Waals surface area contributed by atoms with Crippen LogP contribution in [0.5, 0.6) is 5.75 Å².